The second kappa shape index (κ2) is 35.9. The highest BCUT2D eigenvalue weighted by Gasteiger charge is 2.61. The number of unbranched alkanes of at least 4 members (excludes halogenated alkanes) is 3. The lowest BCUT2D eigenvalue weighted by Gasteiger charge is -2.60. The Labute approximate surface area is 509 Å². The van der Waals surface area contributed by atoms with Crippen LogP contribution in [-0.4, -0.2) is 35.5 Å². The summed E-state index contributed by atoms with van der Waals surface area (Å²) in [5.74, 6) is 7.08. The highest BCUT2D eigenvalue weighted by Crippen LogP contribution is 2.69. The fourth-order valence-corrected chi connectivity index (χ4v) is 20.6. The molecule has 474 valence electrons. The molecule has 8 saturated carbocycles. The molecule has 9 aliphatic rings. The molecule has 1 aromatic rings. The third kappa shape index (κ3) is 17.8. The summed E-state index contributed by atoms with van der Waals surface area (Å²) in [6, 6.07) is 3.43. The number of rotatable bonds is 15. The number of carbonyl (C=O) groups excluding carboxylic acids is 2. The standard InChI is InChI=1S/C29H45F2NOS.C29H41F2NOS.C6H14.3C2H6.CH4O/c1-28-17-4-3-7-19(28)12-14-21-22-15-13-20(29(22,2)18-16-23(21)28)8-5-11-26(33)32-34-27-24(30)9-6-10-25(27)31;1-28-16-4-3-6-19(28)9-12-22-23-13-10-20(29(23,2)17-15-24(22)28)7-5-8-27(33)32-34-26-14-11-21(30)18-25(26)31;1-3-5-6-4-2;4*1-2/h9,19-23,25,27H,3-8,10-18H2,1-2H3,(H,32,33);11,14,18-20,22-24H,3-10,12-13,15-17H2,1-2H3,(H,32,33);3-6H2,1-2H3;3*1-2H3;2H,1H3. The lowest BCUT2D eigenvalue weighted by Crippen LogP contribution is -2.52. The number of amides is 2. The number of aliphatic hydroxyl groups is 1. The molecule has 0 bridgehead atoms. The van der Waals surface area contributed by atoms with Gasteiger partial charge in [-0.25, -0.2) is 17.6 Å². The molecule has 0 radical (unpaired) electrons. The van der Waals surface area contributed by atoms with Gasteiger partial charge < -0.3 is 5.11 Å². The Balaban J connectivity index is 0.000000289. The summed E-state index contributed by atoms with van der Waals surface area (Å²) in [6.45, 7) is 26.9. The molecule has 2 amide bonds. The Kier molecular flexibility index (Phi) is 31.9. The summed E-state index contributed by atoms with van der Waals surface area (Å²) >= 11 is 1.87. The lowest BCUT2D eigenvalue weighted by molar-refractivity contribution is -0.120. The van der Waals surface area contributed by atoms with E-state index >= 15 is 0 Å². The van der Waals surface area contributed by atoms with Crippen LogP contribution in [0.1, 0.15) is 289 Å². The van der Waals surface area contributed by atoms with Gasteiger partial charge >= 0.3 is 0 Å². The smallest absolute Gasteiger partial charge is 0.230 e. The average Bonchev–Trinajstić information content (AvgIpc) is 1.77. The second-order valence-corrected chi connectivity index (χ2v) is 28.7. The zero-order chi connectivity index (χ0) is 60.7. The monoisotopic (exact) mass is 1190 g/mol. The molecule has 0 saturated heterocycles. The van der Waals surface area contributed by atoms with E-state index in [4.69, 9.17) is 5.11 Å². The Morgan fingerprint density at radius 1 is 0.561 bits per heavy atom. The van der Waals surface area contributed by atoms with Gasteiger partial charge in [-0.1, -0.05) is 141 Å². The van der Waals surface area contributed by atoms with Gasteiger partial charge in [0.1, 0.15) is 28.9 Å². The van der Waals surface area contributed by atoms with E-state index in [-0.39, 0.29) is 16.7 Å². The van der Waals surface area contributed by atoms with Gasteiger partial charge in [0.25, 0.3) is 0 Å². The number of allylic oxidation sites excluding steroid dienone is 1. The molecule has 1 aromatic carbocycles. The van der Waals surface area contributed by atoms with Crippen molar-refractivity contribution >= 4 is 35.7 Å². The van der Waals surface area contributed by atoms with Crippen molar-refractivity contribution in [3.05, 3.63) is 41.7 Å². The van der Waals surface area contributed by atoms with Crippen LogP contribution < -0.4 is 9.44 Å². The van der Waals surface area contributed by atoms with E-state index in [1.807, 2.05) is 41.5 Å². The van der Waals surface area contributed by atoms with Gasteiger partial charge in [-0.05, 0) is 258 Å². The first-order chi connectivity index (χ1) is 39.5. The second-order valence-electron chi connectivity index (χ2n) is 26.9. The van der Waals surface area contributed by atoms with Crippen LogP contribution in [0.5, 0.6) is 0 Å². The summed E-state index contributed by atoms with van der Waals surface area (Å²) in [5, 5.41) is 6.13. The van der Waals surface area contributed by atoms with Crippen molar-refractivity contribution in [1.29, 1.82) is 0 Å². The van der Waals surface area contributed by atoms with Gasteiger partial charge in [-0.2, -0.15) is 0 Å². The van der Waals surface area contributed by atoms with Gasteiger partial charge in [0, 0.05) is 26.0 Å². The Bertz CT molecular complexity index is 2040. The van der Waals surface area contributed by atoms with E-state index in [0.717, 1.165) is 122 Å². The van der Waals surface area contributed by atoms with Gasteiger partial charge in [0.15, 0.2) is 0 Å². The first-order valence-corrected chi connectivity index (χ1v) is 36.0. The van der Waals surface area contributed by atoms with Crippen molar-refractivity contribution in [3.63, 3.8) is 0 Å². The number of halogens is 4. The number of carbonyl (C=O) groups is 2. The molecule has 3 N–H and O–H groups in total. The summed E-state index contributed by atoms with van der Waals surface area (Å²) in [6.07, 6.45) is 40.0. The predicted molar refractivity (Wildman–Crippen MR) is 343 cm³/mol. The zero-order valence-corrected chi connectivity index (χ0v) is 56.1. The zero-order valence-electron chi connectivity index (χ0n) is 54.5. The number of aliphatic hydroxyl groups excluding tert-OH is 1. The molecule has 16 unspecified atom stereocenters. The fourth-order valence-electron chi connectivity index (χ4n) is 19.1. The molecule has 16 atom stereocenters. The van der Waals surface area contributed by atoms with Crippen LogP contribution in [0.4, 0.5) is 17.6 Å². The number of hydrogen-bond donors (Lipinski definition) is 3. The molecule has 9 aliphatic carbocycles. The Morgan fingerprint density at radius 3 is 1.48 bits per heavy atom. The SMILES string of the molecule is CC.CC.CC.CC12CCCCC1CCC1C2CCC2(C)C(CCCC(=O)NSC3C(F)=CCCC3F)CCC12.CC12CCCCC1CCC1C2CCC2(C)C(CCCC(=O)NSc3ccc(F)cc3F)CCC12.CCCCCC.CO. The Hall–Kier alpha value is -1.72. The van der Waals surface area contributed by atoms with Crippen molar-refractivity contribution in [3.8, 4) is 0 Å². The molecule has 82 heavy (non-hydrogen) atoms. The Morgan fingerprint density at radius 2 is 1.02 bits per heavy atom. The van der Waals surface area contributed by atoms with E-state index in [9.17, 15) is 27.2 Å². The quantitative estimate of drug-likeness (QED) is 0.0927. The van der Waals surface area contributed by atoms with Crippen LogP contribution in [0.3, 0.4) is 0 Å². The van der Waals surface area contributed by atoms with Gasteiger partial charge in [0.05, 0.1) is 4.90 Å². The maximum atomic E-state index is 14.0. The first kappa shape index (κ1) is 72.8. The van der Waals surface area contributed by atoms with Crippen LogP contribution in [-0.2, 0) is 9.59 Å². The maximum absolute atomic E-state index is 14.0. The van der Waals surface area contributed by atoms with Gasteiger partial charge in [-0.15, -0.1) is 0 Å². The van der Waals surface area contributed by atoms with E-state index in [1.54, 1.807) is 0 Å². The minimum Gasteiger partial charge on any atom is -0.400 e. The van der Waals surface area contributed by atoms with E-state index in [2.05, 4.69) is 51.0 Å². The van der Waals surface area contributed by atoms with E-state index in [0.29, 0.717) is 47.3 Å². The summed E-state index contributed by atoms with van der Waals surface area (Å²) in [4.78, 5) is 25.0. The summed E-state index contributed by atoms with van der Waals surface area (Å²) < 4.78 is 60.2. The van der Waals surface area contributed by atoms with E-state index < -0.39 is 28.9 Å². The van der Waals surface area contributed by atoms with E-state index in [1.165, 1.54) is 172 Å². The molecule has 0 aliphatic heterocycles. The lowest BCUT2D eigenvalue weighted by atomic mass is 9.45. The fraction of sp³-hybridized carbons (Fsp3) is 0.859. The minimum absolute atomic E-state index is 0.0688. The van der Waals surface area contributed by atoms with Crippen molar-refractivity contribution < 1.29 is 32.3 Å². The topological polar surface area (TPSA) is 78.4 Å². The van der Waals surface area contributed by atoms with Crippen LogP contribution in [0.15, 0.2) is 35.0 Å². The normalized spacial score (nSPS) is 36.3. The molecule has 0 spiro atoms. The van der Waals surface area contributed by atoms with Gasteiger partial charge in [0.2, 0.25) is 11.8 Å². The van der Waals surface area contributed by atoms with Crippen LogP contribution >= 0.6 is 23.9 Å². The molecule has 11 heteroatoms. The molecule has 5 nitrogen and oxygen atoms in total. The van der Waals surface area contributed by atoms with Crippen LogP contribution in [0.25, 0.3) is 0 Å². The third-order valence-electron chi connectivity index (χ3n) is 23.3. The molecule has 0 heterocycles. The summed E-state index contributed by atoms with van der Waals surface area (Å²) in [7, 11) is 1.00. The summed E-state index contributed by atoms with van der Waals surface area (Å²) in [5.41, 5.74) is 2.09. The van der Waals surface area contributed by atoms with Crippen molar-refractivity contribution in [1.82, 2.24) is 9.44 Å². The number of benzene rings is 1. The first-order valence-electron chi connectivity index (χ1n) is 34.3. The van der Waals surface area contributed by atoms with Crippen molar-refractivity contribution in [2.75, 3.05) is 7.11 Å². The minimum atomic E-state index is -1.22. The molecular formula is C71H122F4N2O3S2. The number of alkyl halides is 1. The largest absolute Gasteiger partial charge is 0.400 e. The highest BCUT2D eigenvalue weighted by molar-refractivity contribution is 7.98. The third-order valence-corrected chi connectivity index (χ3v) is 25.3. The number of nitrogens with one attached hydrogen (secondary N) is 2. The van der Waals surface area contributed by atoms with Crippen molar-refractivity contribution in [2.24, 2.45) is 80.8 Å². The molecular weight excluding hydrogens is 1070 g/mol. The molecule has 8 fully saturated rings. The predicted octanol–water partition coefficient (Wildman–Crippen LogP) is 21.9. The number of hydrogen-bond acceptors (Lipinski definition) is 5. The van der Waals surface area contributed by atoms with Crippen molar-refractivity contribution in [2.45, 2.75) is 305 Å². The highest BCUT2D eigenvalue weighted by atomic mass is 32.2. The number of fused-ring (bicyclic) bond motifs is 10. The maximum Gasteiger partial charge on any atom is 0.230 e. The average molecular weight is 1190 g/mol. The molecule has 10 rings (SSSR count). The van der Waals surface area contributed by atoms with Crippen LogP contribution in [0, 0.1) is 92.5 Å². The van der Waals surface area contributed by atoms with Gasteiger partial charge in [-0.3, -0.25) is 19.0 Å². The van der Waals surface area contributed by atoms with Crippen LogP contribution in [0.2, 0.25) is 0 Å². The molecule has 0 aromatic heterocycles.